The molecule has 11 heteroatoms. The number of amides is 2. The van der Waals surface area contributed by atoms with Crippen LogP contribution in [-0.2, 0) is 16.1 Å². The normalized spacial score (nSPS) is 10.8. The van der Waals surface area contributed by atoms with Gasteiger partial charge >= 0.3 is 11.8 Å². The lowest BCUT2D eigenvalue weighted by molar-refractivity contribution is -0.752. The summed E-state index contributed by atoms with van der Waals surface area (Å²) in [6, 6.07) is 18.7. The largest absolute Gasteiger partial charge is 0.538 e. The summed E-state index contributed by atoms with van der Waals surface area (Å²) in [7, 11) is 0. The van der Waals surface area contributed by atoms with Crippen molar-refractivity contribution in [1.29, 1.82) is 5.26 Å². The van der Waals surface area contributed by atoms with Crippen LogP contribution in [0.1, 0.15) is 41.9 Å². The number of ether oxygens (including phenoxy) is 1. The topological polar surface area (TPSA) is 152 Å². The van der Waals surface area contributed by atoms with Gasteiger partial charge in [-0.2, -0.15) is 5.26 Å². The fourth-order valence-electron chi connectivity index (χ4n) is 3.09. The van der Waals surface area contributed by atoms with Gasteiger partial charge in [0.1, 0.15) is 24.0 Å². The van der Waals surface area contributed by atoms with Crippen LogP contribution in [0.4, 0.5) is 4.79 Å². The molecule has 2 aromatic carbocycles. The predicted octanol–water partition coefficient (Wildman–Crippen LogP) is 1.35. The number of nitrogens with one attached hydrogen (secondary N) is 1. The van der Waals surface area contributed by atoms with Gasteiger partial charge in [-0.25, -0.2) is 4.79 Å². The van der Waals surface area contributed by atoms with Gasteiger partial charge in [-0.15, -0.1) is 0 Å². The third-order valence-electron chi connectivity index (χ3n) is 4.79. The number of rotatable bonds is 9. The smallest absolute Gasteiger partial charge is 0.408 e. The molecule has 0 radical (unpaired) electrons. The highest BCUT2D eigenvalue weighted by Crippen LogP contribution is 2.15. The number of carbonyl (C=O) groups is 3. The highest BCUT2D eigenvalue weighted by molar-refractivity contribution is 6.07. The predicted molar refractivity (Wildman–Crippen MR) is 118 cm³/mol. The summed E-state index contributed by atoms with van der Waals surface area (Å²) >= 11 is 0. The molecular weight excluding hydrogens is 454 g/mol. The van der Waals surface area contributed by atoms with Crippen molar-refractivity contribution in [2.24, 2.45) is 0 Å². The van der Waals surface area contributed by atoms with E-state index in [0.717, 1.165) is 9.80 Å². The van der Waals surface area contributed by atoms with E-state index in [-0.39, 0.29) is 18.5 Å². The van der Waals surface area contributed by atoms with E-state index in [4.69, 9.17) is 14.5 Å². The standard InChI is InChI=1S/C24H23N5O6/c1-24(2,13-14-25)34-23(33)26-15-19(30)28(16-17-9-5-3-6-10-17)29-20(22(32)35-27-29)21(31)18-11-7-4-8-12-18/h3-12H,13,15-16H2,1-2H3,(H-,26,27,31,32,33). The summed E-state index contributed by atoms with van der Waals surface area (Å²) < 4.78 is 9.89. The molecule has 0 aliphatic rings. The zero-order chi connectivity index (χ0) is 25.4. The van der Waals surface area contributed by atoms with Crippen molar-refractivity contribution in [1.82, 2.24) is 10.6 Å². The lowest BCUT2D eigenvalue weighted by Crippen LogP contribution is -2.65. The first-order valence-electron chi connectivity index (χ1n) is 10.6. The molecule has 2 amide bonds. The van der Waals surface area contributed by atoms with Gasteiger partial charge in [0.2, 0.25) is 0 Å². The lowest BCUT2D eigenvalue weighted by Gasteiger charge is -2.22. The van der Waals surface area contributed by atoms with Crippen LogP contribution in [-0.4, -0.2) is 35.2 Å². The molecule has 0 saturated carbocycles. The quantitative estimate of drug-likeness (QED) is 0.358. The Morgan fingerprint density at radius 2 is 1.77 bits per heavy atom. The average molecular weight is 477 g/mol. The Bertz CT molecular complexity index is 1230. The number of benzene rings is 2. The maximum Gasteiger partial charge on any atom is 0.408 e. The Kier molecular flexibility index (Phi) is 7.78. The minimum absolute atomic E-state index is 0.0411. The molecule has 1 heterocycles. The van der Waals surface area contributed by atoms with Crippen molar-refractivity contribution in [2.45, 2.75) is 32.4 Å². The van der Waals surface area contributed by atoms with Crippen LogP contribution in [0.2, 0.25) is 0 Å². The minimum Gasteiger partial charge on any atom is -0.538 e. The van der Waals surface area contributed by atoms with Crippen molar-refractivity contribution >= 4 is 17.8 Å². The average Bonchev–Trinajstić information content (AvgIpc) is 3.22. The molecule has 0 aliphatic carbocycles. The molecule has 0 spiro atoms. The number of nitrogens with zero attached hydrogens (tertiary/aromatic N) is 4. The summed E-state index contributed by atoms with van der Waals surface area (Å²) in [6.45, 7) is 2.49. The fourth-order valence-corrected chi connectivity index (χ4v) is 3.09. The van der Waals surface area contributed by atoms with E-state index in [1.54, 1.807) is 62.4 Å². The molecule has 0 aliphatic heterocycles. The van der Waals surface area contributed by atoms with Gasteiger partial charge in [0, 0.05) is 5.56 Å². The Balaban J connectivity index is 1.88. The zero-order valence-electron chi connectivity index (χ0n) is 19.1. The maximum atomic E-state index is 13.2. The summed E-state index contributed by atoms with van der Waals surface area (Å²) in [5.41, 5.74) is -0.660. The third kappa shape index (κ3) is 6.42. The highest BCUT2D eigenvalue weighted by atomic mass is 16.6. The first-order chi connectivity index (χ1) is 16.7. The molecule has 35 heavy (non-hydrogen) atoms. The van der Waals surface area contributed by atoms with Gasteiger partial charge in [0.05, 0.1) is 17.3 Å². The molecule has 11 nitrogen and oxygen atoms in total. The molecule has 1 aromatic heterocycles. The Morgan fingerprint density at radius 3 is 2.40 bits per heavy atom. The van der Waals surface area contributed by atoms with Crippen LogP contribution in [0, 0.1) is 11.3 Å². The first kappa shape index (κ1) is 24.9. The van der Waals surface area contributed by atoms with E-state index < -0.39 is 41.6 Å². The fraction of sp³-hybridized carbons (Fsp3) is 0.250. The van der Waals surface area contributed by atoms with Crippen molar-refractivity contribution in [3.63, 3.8) is 0 Å². The minimum atomic E-state index is -1.06. The van der Waals surface area contributed by atoms with E-state index >= 15 is 0 Å². The van der Waals surface area contributed by atoms with Crippen molar-refractivity contribution in [3.05, 3.63) is 77.5 Å². The van der Waals surface area contributed by atoms with Crippen molar-refractivity contribution in [3.8, 4) is 12.0 Å². The van der Waals surface area contributed by atoms with Gasteiger partial charge in [-0.05, 0) is 19.4 Å². The van der Waals surface area contributed by atoms with E-state index in [0.29, 0.717) is 5.56 Å². The molecule has 3 rings (SSSR count). The van der Waals surface area contributed by atoms with Crippen molar-refractivity contribution < 1.29 is 33.5 Å². The Hall–Kier alpha value is -4.72. The highest BCUT2D eigenvalue weighted by Gasteiger charge is 2.36. The van der Waals surface area contributed by atoms with Gasteiger partial charge in [-0.3, -0.25) is 9.59 Å². The van der Waals surface area contributed by atoms with E-state index in [1.807, 2.05) is 6.07 Å². The van der Waals surface area contributed by atoms with E-state index in [9.17, 15) is 19.5 Å². The van der Waals surface area contributed by atoms with Gasteiger partial charge < -0.3 is 19.7 Å². The summed E-state index contributed by atoms with van der Waals surface area (Å²) in [5.74, 6) is -2.41. The Labute approximate surface area is 201 Å². The van der Waals surface area contributed by atoms with Crippen molar-refractivity contribution in [2.75, 3.05) is 11.6 Å². The molecule has 0 atom stereocenters. The monoisotopic (exact) mass is 477 g/mol. The molecule has 0 saturated heterocycles. The van der Waals surface area contributed by atoms with Gasteiger partial charge in [0.15, 0.2) is 5.95 Å². The maximum absolute atomic E-state index is 13.2. The number of ketones is 1. The van der Waals surface area contributed by atoms with Gasteiger partial charge in [-0.1, -0.05) is 65.7 Å². The summed E-state index contributed by atoms with van der Waals surface area (Å²) in [4.78, 5) is 39.2. The number of alkyl carbamates (subject to hydrolysis) is 1. The van der Waals surface area contributed by atoms with Crippen LogP contribution in [0.3, 0.4) is 0 Å². The summed E-state index contributed by atoms with van der Waals surface area (Å²) in [5, 5.41) is 28.2. The number of hydrogen-bond donors (Lipinski definition) is 1. The SMILES string of the molecule is CC(C)(CC#N)OC(=O)NCC(=O)N(Cc1ccccc1)[n+]1noc([O-])c1C(=O)c1ccccc1. The van der Waals surface area contributed by atoms with Crippen LogP contribution >= 0.6 is 0 Å². The van der Waals surface area contributed by atoms with Crippen LogP contribution in [0.25, 0.3) is 0 Å². The molecule has 180 valence electrons. The lowest BCUT2D eigenvalue weighted by atomic mass is 10.1. The number of nitriles is 1. The number of aromatic nitrogens is 2. The molecule has 0 fully saturated rings. The second-order valence-corrected chi connectivity index (χ2v) is 8.07. The molecule has 3 aromatic rings. The van der Waals surface area contributed by atoms with E-state index in [1.165, 1.54) is 12.1 Å². The first-order valence-corrected chi connectivity index (χ1v) is 10.6. The number of hydrogen-bond acceptors (Lipinski definition) is 8. The Morgan fingerprint density at radius 1 is 1.14 bits per heavy atom. The molecule has 1 N–H and O–H groups in total. The van der Waals surface area contributed by atoms with Crippen LogP contribution in [0.5, 0.6) is 5.95 Å². The summed E-state index contributed by atoms with van der Waals surface area (Å²) in [6.07, 6.45) is -0.950. The third-order valence-corrected chi connectivity index (χ3v) is 4.79. The number of carbonyl (C=O) groups excluding carboxylic acids is 3. The van der Waals surface area contributed by atoms with Crippen LogP contribution < -0.4 is 20.2 Å². The second kappa shape index (κ2) is 10.9. The molecular formula is C24H23N5O6. The molecule has 0 unspecified atom stereocenters. The van der Waals surface area contributed by atoms with E-state index in [2.05, 4.69) is 10.6 Å². The molecule has 0 bridgehead atoms. The second-order valence-electron chi connectivity index (χ2n) is 8.07. The van der Waals surface area contributed by atoms with Gasteiger partial charge in [0.25, 0.3) is 11.7 Å². The zero-order valence-corrected chi connectivity index (χ0v) is 19.1. The van der Waals surface area contributed by atoms with Crippen LogP contribution in [0.15, 0.2) is 65.2 Å².